The van der Waals surface area contributed by atoms with Crippen LogP contribution in [0.2, 0.25) is 0 Å². The lowest BCUT2D eigenvalue weighted by molar-refractivity contribution is -0.121. The number of rotatable bonds is 5. The number of ketones is 1. The summed E-state index contributed by atoms with van der Waals surface area (Å²) in [5, 5.41) is 3.06. The molecule has 3 nitrogen and oxygen atoms in total. The highest BCUT2D eigenvalue weighted by atomic mass is 16.5. The van der Waals surface area contributed by atoms with Gasteiger partial charge in [-0.3, -0.25) is 4.79 Å². The van der Waals surface area contributed by atoms with E-state index >= 15 is 0 Å². The van der Waals surface area contributed by atoms with E-state index in [2.05, 4.69) is 17.4 Å². The first-order valence-electron chi connectivity index (χ1n) is 6.23. The Morgan fingerprint density at radius 3 is 3.12 bits per heavy atom. The van der Waals surface area contributed by atoms with Crippen molar-refractivity contribution in [3.05, 3.63) is 35.4 Å². The molecule has 0 aliphatic carbocycles. The highest BCUT2D eigenvalue weighted by molar-refractivity contribution is 5.81. The first kappa shape index (κ1) is 12.3. The van der Waals surface area contributed by atoms with Gasteiger partial charge in [-0.1, -0.05) is 31.2 Å². The minimum atomic E-state index is -0.0499. The summed E-state index contributed by atoms with van der Waals surface area (Å²) < 4.78 is 5.71. The Morgan fingerprint density at radius 1 is 1.47 bits per heavy atom. The van der Waals surface area contributed by atoms with Crippen LogP contribution in [0.1, 0.15) is 30.6 Å². The molecule has 0 bridgehead atoms. The van der Waals surface area contributed by atoms with Crippen molar-refractivity contribution < 1.29 is 9.53 Å². The lowest BCUT2D eigenvalue weighted by Gasteiger charge is -2.25. The molecule has 1 aliphatic heterocycles. The molecule has 0 radical (unpaired) electrons. The van der Waals surface area contributed by atoms with E-state index in [1.165, 1.54) is 11.1 Å². The van der Waals surface area contributed by atoms with Gasteiger partial charge in [0.2, 0.25) is 0 Å². The molecule has 0 aromatic heterocycles. The second-order valence-electron chi connectivity index (χ2n) is 4.33. The van der Waals surface area contributed by atoms with Crippen molar-refractivity contribution >= 4 is 5.78 Å². The van der Waals surface area contributed by atoms with E-state index in [-0.39, 0.29) is 11.9 Å². The smallest absolute Gasteiger partial charge is 0.149 e. The molecule has 17 heavy (non-hydrogen) atoms. The summed E-state index contributed by atoms with van der Waals surface area (Å²) >= 11 is 0. The number of ether oxygens (including phenoxy) is 1. The first-order chi connectivity index (χ1) is 8.31. The van der Waals surface area contributed by atoms with Crippen molar-refractivity contribution in [3.8, 4) is 0 Å². The highest BCUT2D eigenvalue weighted by Crippen LogP contribution is 2.29. The molecule has 1 N–H and O–H groups in total. The van der Waals surface area contributed by atoms with E-state index in [0.717, 1.165) is 19.6 Å². The molecule has 1 aliphatic rings. The molecule has 3 heteroatoms. The first-order valence-corrected chi connectivity index (χ1v) is 6.23. The third kappa shape index (κ3) is 3.14. The van der Waals surface area contributed by atoms with Crippen LogP contribution in [-0.2, 0) is 16.0 Å². The van der Waals surface area contributed by atoms with Gasteiger partial charge in [-0.25, -0.2) is 0 Å². The Hall–Kier alpha value is -1.19. The molecule has 0 saturated heterocycles. The number of benzene rings is 1. The largest absolute Gasteiger partial charge is 0.373 e. The van der Waals surface area contributed by atoms with Crippen LogP contribution >= 0.6 is 0 Å². The van der Waals surface area contributed by atoms with Gasteiger partial charge in [0.05, 0.1) is 19.3 Å². The maximum Gasteiger partial charge on any atom is 0.149 e. The molecule has 1 aromatic rings. The summed E-state index contributed by atoms with van der Waals surface area (Å²) in [4.78, 5) is 11.7. The Balaban J connectivity index is 2.01. The monoisotopic (exact) mass is 233 g/mol. The maximum atomic E-state index is 11.7. The van der Waals surface area contributed by atoms with E-state index in [1.807, 2.05) is 19.1 Å². The van der Waals surface area contributed by atoms with E-state index in [9.17, 15) is 4.79 Å². The molecule has 0 saturated carbocycles. The molecule has 0 fully saturated rings. The average molecular weight is 233 g/mol. The normalized spacial score (nSPS) is 18.8. The van der Waals surface area contributed by atoms with Crippen LogP contribution in [0.25, 0.3) is 0 Å². The molecule has 1 unspecified atom stereocenters. The Labute approximate surface area is 102 Å². The summed E-state index contributed by atoms with van der Waals surface area (Å²) in [6.45, 7) is 3.99. The average Bonchev–Trinajstić information content (AvgIpc) is 2.37. The van der Waals surface area contributed by atoms with Gasteiger partial charge in [0.15, 0.2) is 0 Å². The molecular weight excluding hydrogens is 214 g/mol. The van der Waals surface area contributed by atoms with Crippen molar-refractivity contribution in [2.45, 2.75) is 25.9 Å². The predicted molar refractivity (Wildman–Crippen MR) is 67.0 cm³/mol. The van der Waals surface area contributed by atoms with Gasteiger partial charge >= 0.3 is 0 Å². The van der Waals surface area contributed by atoms with Crippen LogP contribution in [0.5, 0.6) is 0 Å². The zero-order valence-corrected chi connectivity index (χ0v) is 10.2. The quantitative estimate of drug-likeness (QED) is 0.843. The number of nitrogens with one attached hydrogen (secondary N) is 1. The zero-order chi connectivity index (χ0) is 12.1. The third-order valence-corrected chi connectivity index (χ3v) is 3.08. The number of fused-ring (bicyclic) bond motifs is 1. The fourth-order valence-electron chi connectivity index (χ4n) is 2.19. The Kier molecular flexibility index (Phi) is 4.29. The number of hydrogen-bond donors (Lipinski definition) is 1. The molecule has 92 valence electrons. The molecule has 1 atom stereocenters. The SMILES string of the molecule is CCNCC(=O)CC1OCCc2ccccc21. The maximum absolute atomic E-state index is 11.7. The molecular formula is C14H19NO2. The van der Waals surface area contributed by atoms with Gasteiger partial charge in [0.1, 0.15) is 5.78 Å². The minimum Gasteiger partial charge on any atom is -0.373 e. The summed E-state index contributed by atoms with van der Waals surface area (Å²) in [5.74, 6) is 0.216. The topological polar surface area (TPSA) is 38.3 Å². The van der Waals surface area contributed by atoms with Gasteiger partial charge in [0, 0.05) is 6.42 Å². The Bertz CT molecular complexity index is 390. The van der Waals surface area contributed by atoms with Gasteiger partial charge in [-0.05, 0) is 24.1 Å². The summed E-state index contributed by atoms with van der Waals surface area (Å²) in [6.07, 6.45) is 1.38. The van der Waals surface area contributed by atoms with Crippen molar-refractivity contribution in [2.24, 2.45) is 0 Å². The minimum absolute atomic E-state index is 0.0499. The predicted octanol–water partition coefficient (Wildman–Crippen LogP) is 1.87. The van der Waals surface area contributed by atoms with Gasteiger partial charge in [-0.15, -0.1) is 0 Å². The van der Waals surface area contributed by atoms with Crippen molar-refractivity contribution in [3.63, 3.8) is 0 Å². The second-order valence-corrected chi connectivity index (χ2v) is 4.33. The van der Waals surface area contributed by atoms with Crippen molar-refractivity contribution in [2.75, 3.05) is 19.7 Å². The van der Waals surface area contributed by atoms with Crippen molar-refractivity contribution in [1.29, 1.82) is 0 Å². The summed E-state index contributed by atoms with van der Waals surface area (Å²) in [7, 11) is 0. The van der Waals surface area contributed by atoms with Crippen molar-refractivity contribution in [1.82, 2.24) is 5.32 Å². The number of Topliss-reactive ketones (excluding diaryl/α,β-unsaturated/α-hetero) is 1. The third-order valence-electron chi connectivity index (χ3n) is 3.08. The molecule has 0 amide bonds. The van der Waals surface area contributed by atoms with Crippen LogP contribution in [0.3, 0.4) is 0 Å². The van der Waals surface area contributed by atoms with Gasteiger partial charge in [0.25, 0.3) is 0 Å². The number of carbonyl (C=O) groups excluding carboxylic acids is 1. The van der Waals surface area contributed by atoms with E-state index in [4.69, 9.17) is 4.74 Å². The van der Waals surface area contributed by atoms with Crippen LogP contribution < -0.4 is 5.32 Å². The van der Waals surface area contributed by atoms with Gasteiger partial charge < -0.3 is 10.1 Å². The fraction of sp³-hybridized carbons (Fsp3) is 0.500. The van der Waals surface area contributed by atoms with Gasteiger partial charge in [-0.2, -0.15) is 0 Å². The lowest BCUT2D eigenvalue weighted by Crippen LogP contribution is -2.26. The number of hydrogen-bond acceptors (Lipinski definition) is 3. The summed E-state index contributed by atoms with van der Waals surface area (Å²) in [6, 6.07) is 8.25. The van der Waals surface area contributed by atoms with Crippen LogP contribution in [0, 0.1) is 0 Å². The lowest BCUT2D eigenvalue weighted by atomic mass is 9.95. The van der Waals surface area contributed by atoms with Crippen LogP contribution in [0.15, 0.2) is 24.3 Å². The standard InChI is InChI=1S/C14H19NO2/c1-2-15-10-12(16)9-14-13-6-4-3-5-11(13)7-8-17-14/h3-6,14-15H,2,7-10H2,1H3. The number of likely N-dealkylation sites (N-methyl/N-ethyl adjacent to an activating group) is 1. The second kappa shape index (κ2) is 5.94. The molecule has 1 heterocycles. The fourth-order valence-corrected chi connectivity index (χ4v) is 2.19. The molecule has 0 spiro atoms. The Morgan fingerprint density at radius 2 is 2.29 bits per heavy atom. The number of carbonyl (C=O) groups is 1. The summed E-state index contributed by atoms with van der Waals surface area (Å²) in [5.41, 5.74) is 2.50. The van der Waals surface area contributed by atoms with Crippen LogP contribution in [0.4, 0.5) is 0 Å². The zero-order valence-electron chi connectivity index (χ0n) is 10.2. The van der Waals surface area contributed by atoms with E-state index in [1.54, 1.807) is 0 Å². The molecule has 1 aromatic carbocycles. The van der Waals surface area contributed by atoms with Crippen LogP contribution in [-0.4, -0.2) is 25.5 Å². The van der Waals surface area contributed by atoms with E-state index < -0.39 is 0 Å². The molecule has 2 rings (SSSR count). The highest BCUT2D eigenvalue weighted by Gasteiger charge is 2.22. The van der Waals surface area contributed by atoms with E-state index in [0.29, 0.717) is 13.0 Å².